The summed E-state index contributed by atoms with van der Waals surface area (Å²) in [7, 11) is -1.30. The van der Waals surface area contributed by atoms with Crippen LogP contribution in [0.1, 0.15) is 17.9 Å². The largest absolute Gasteiger partial charge is 0.396 e. The number of benzene rings is 2. The first kappa shape index (κ1) is 17.0. The van der Waals surface area contributed by atoms with Gasteiger partial charge < -0.3 is 5.11 Å². The molecule has 0 bridgehead atoms. The minimum atomic E-state index is -3.01. The van der Waals surface area contributed by atoms with Crippen LogP contribution in [0.4, 0.5) is 0 Å². The minimum absolute atomic E-state index is 0.0473. The number of aliphatic hydroxyl groups excluding tert-OH is 1. The van der Waals surface area contributed by atoms with Crippen LogP contribution in [0.15, 0.2) is 65.6 Å². The highest BCUT2D eigenvalue weighted by atomic mass is 32.3. The lowest BCUT2D eigenvalue weighted by molar-refractivity contribution is 0.263. The van der Waals surface area contributed by atoms with Crippen molar-refractivity contribution in [2.24, 2.45) is 0 Å². The molecule has 1 atom stereocenters. The van der Waals surface area contributed by atoms with E-state index in [9.17, 15) is 14.2 Å². The van der Waals surface area contributed by atoms with Gasteiger partial charge in [0.2, 0.25) is 0 Å². The van der Waals surface area contributed by atoms with Gasteiger partial charge in [0.1, 0.15) is 0 Å². The molecule has 2 aromatic carbocycles. The lowest BCUT2D eigenvalue weighted by atomic mass is 9.96. The molecule has 0 spiro atoms. The molecule has 0 fully saturated rings. The Morgan fingerprint density at radius 2 is 1.50 bits per heavy atom. The Labute approximate surface area is 133 Å². The molecule has 0 aliphatic heterocycles. The summed E-state index contributed by atoms with van der Waals surface area (Å²) in [5.74, 6) is 0.0473. The molecule has 5 heteroatoms. The first-order valence-electron chi connectivity index (χ1n) is 7.26. The van der Waals surface area contributed by atoms with Gasteiger partial charge >= 0.3 is 0 Å². The van der Waals surface area contributed by atoms with Gasteiger partial charge in [-0.3, -0.25) is 9.11 Å². The summed E-state index contributed by atoms with van der Waals surface area (Å²) in [6, 6.07) is 18.7. The van der Waals surface area contributed by atoms with Crippen molar-refractivity contribution < 1.29 is 14.2 Å². The molecule has 22 heavy (non-hydrogen) atoms. The van der Waals surface area contributed by atoms with Crippen molar-refractivity contribution in [3.8, 4) is 0 Å². The standard InChI is InChI=1S/C17H23NO3S/c1-18(22(20,21)17-10-6-3-7-11-17)14-16(12-13-19)15-8-4-2-5-9-15/h2-11,16,19-21H,12-14H2,1H3. The summed E-state index contributed by atoms with van der Waals surface area (Å²) < 4.78 is 22.6. The Morgan fingerprint density at radius 1 is 0.955 bits per heavy atom. The Morgan fingerprint density at radius 3 is 2.05 bits per heavy atom. The number of hydrogen-bond acceptors (Lipinski definition) is 4. The molecule has 1 unspecified atom stereocenters. The van der Waals surface area contributed by atoms with E-state index >= 15 is 0 Å². The van der Waals surface area contributed by atoms with E-state index in [-0.39, 0.29) is 12.5 Å². The molecule has 120 valence electrons. The van der Waals surface area contributed by atoms with E-state index in [0.717, 1.165) is 5.56 Å². The topological polar surface area (TPSA) is 63.9 Å². The number of aliphatic hydroxyl groups is 1. The van der Waals surface area contributed by atoms with Gasteiger partial charge in [-0.25, -0.2) is 4.31 Å². The number of hydrogen-bond donors (Lipinski definition) is 3. The molecule has 2 rings (SSSR count). The third-order valence-corrected chi connectivity index (χ3v) is 5.64. The fraction of sp³-hybridized carbons (Fsp3) is 0.294. The highest BCUT2D eigenvalue weighted by Gasteiger charge is 2.24. The van der Waals surface area contributed by atoms with Gasteiger partial charge in [0.05, 0.1) is 4.90 Å². The van der Waals surface area contributed by atoms with Crippen LogP contribution in [0.2, 0.25) is 0 Å². The Hall–Kier alpha value is -1.37. The van der Waals surface area contributed by atoms with Crippen molar-refractivity contribution in [2.45, 2.75) is 17.2 Å². The van der Waals surface area contributed by atoms with Crippen LogP contribution >= 0.6 is 10.8 Å². The van der Waals surface area contributed by atoms with Crippen molar-refractivity contribution in [1.82, 2.24) is 4.31 Å². The second-order valence-corrected chi connectivity index (χ2v) is 7.39. The van der Waals surface area contributed by atoms with Crippen molar-refractivity contribution in [1.29, 1.82) is 0 Å². The molecule has 0 aliphatic rings. The van der Waals surface area contributed by atoms with E-state index < -0.39 is 10.8 Å². The van der Waals surface area contributed by atoms with Crippen LogP contribution < -0.4 is 0 Å². The smallest absolute Gasteiger partial charge is 0.0752 e. The van der Waals surface area contributed by atoms with Gasteiger partial charge in [0, 0.05) is 26.1 Å². The van der Waals surface area contributed by atoms with E-state index in [0.29, 0.717) is 17.9 Å². The highest BCUT2D eigenvalue weighted by Crippen LogP contribution is 2.51. The fourth-order valence-corrected chi connectivity index (χ4v) is 3.71. The summed E-state index contributed by atoms with van der Waals surface area (Å²) in [6.07, 6.45) is 0.582. The molecule has 4 nitrogen and oxygen atoms in total. The molecule has 0 heterocycles. The SMILES string of the molecule is CN(CC(CCO)c1ccccc1)S(O)(O)c1ccccc1. The summed E-state index contributed by atoms with van der Waals surface area (Å²) >= 11 is 0. The lowest BCUT2D eigenvalue weighted by Crippen LogP contribution is -2.28. The molecule has 0 aromatic heterocycles. The molecule has 0 aliphatic carbocycles. The molecule has 0 amide bonds. The van der Waals surface area contributed by atoms with Crippen molar-refractivity contribution in [2.75, 3.05) is 20.2 Å². The fourth-order valence-electron chi connectivity index (χ4n) is 2.44. The number of likely N-dealkylation sites (N-methyl/N-ethyl adjacent to an activating group) is 1. The van der Waals surface area contributed by atoms with E-state index in [1.807, 2.05) is 36.4 Å². The maximum atomic E-state index is 10.5. The van der Waals surface area contributed by atoms with Crippen LogP contribution in [-0.2, 0) is 0 Å². The van der Waals surface area contributed by atoms with Crippen LogP contribution in [0.3, 0.4) is 0 Å². The van der Waals surface area contributed by atoms with Crippen LogP contribution in [0, 0.1) is 0 Å². The second-order valence-electron chi connectivity index (χ2n) is 5.26. The minimum Gasteiger partial charge on any atom is -0.396 e. The predicted octanol–water partition coefficient (Wildman–Crippen LogP) is 3.81. The van der Waals surface area contributed by atoms with Gasteiger partial charge in [-0.2, -0.15) is 0 Å². The molecule has 2 aromatic rings. The normalized spacial score (nSPS) is 14.0. The van der Waals surface area contributed by atoms with Gasteiger partial charge in [0.25, 0.3) is 0 Å². The van der Waals surface area contributed by atoms with Crippen LogP contribution in [-0.4, -0.2) is 38.7 Å². The van der Waals surface area contributed by atoms with Crippen LogP contribution in [0.5, 0.6) is 0 Å². The first-order valence-corrected chi connectivity index (χ1v) is 8.76. The zero-order chi connectivity index (χ0) is 16.0. The Bertz CT molecular complexity index is 563. The molecular formula is C17H23NO3S. The average Bonchev–Trinajstić information content (AvgIpc) is 2.56. The monoisotopic (exact) mass is 321 g/mol. The Kier molecular flexibility index (Phi) is 5.99. The number of nitrogens with zero attached hydrogens (tertiary/aromatic N) is 1. The van der Waals surface area contributed by atoms with Crippen molar-refractivity contribution >= 4 is 10.8 Å². The summed E-state index contributed by atoms with van der Waals surface area (Å²) in [5.41, 5.74) is 1.09. The average molecular weight is 321 g/mol. The van der Waals surface area contributed by atoms with Gasteiger partial charge in [-0.05, 0) is 24.1 Å². The maximum absolute atomic E-state index is 10.5. The molecule has 0 radical (unpaired) electrons. The predicted molar refractivity (Wildman–Crippen MR) is 91.1 cm³/mol. The lowest BCUT2D eigenvalue weighted by Gasteiger charge is -2.42. The molecule has 3 N–H and O–H groups in total. The third-order valence-electron chi connectivity index (χ3n) is 3.72. The summed E-state index contributed by atoms with van der Waals surface area (Å²) in [5, 5.41) is 9.29. The van der Waals surface area contributed by atoms with Gasteiger partial charge in [-0.1, -0.05) is 48.5 Å². The van der Waals surface area contributed by atoms with Gasteiger partial charge in [0.15, 0.2) is 0 Å². The Balaban J connectivity index is 2.16. The van der Waals surface area contributed by atoms with E-state index in [1.54, 1.807) is 35.6 Å². The van der Waals surface area contributed by atoms with Crippen molar-refractivity contribution in [3.05, 3.63) is 66.2 Å². The summed E-state index contributed by atoms with van der Waals surface area (Å²) in [6.45, 7) is 0.528. The van der Waals surface area contributed by atoms with Gasteiger partial charge in [-0.15, -0.1) is 10.8 Å². The maximum Gasteiger partial charge on any atom is 0.0752 e. The van der Waals surface area contributed by atoms with E-state index in [2.05, 4.69) is 0 Å². The van der Waals surface area contributed by atoms with E-state index in [1.165, 1.54) is 0 Å². The zero-order valence-corrected chi connectivity index (χ0v) is 13.5. The first-order chi connectivity index (χ1) is 10.6. The second kappa shape index (κ2) is 7.76. The quantitative estimate of drug-likeness (QED) is 0.725. The third kappa shape index (κ3) is 4.09. The van der Waals surface area contributed by atoms with Crippen LogP contribution in [0.25, 0.3) is 0 Å². The molecular weight excluding hydrogens is 298 g/mol. The molecule has 0 saturated heterocycles. The molecule has 0 saturated carbocycles. The highest BCUT2D eigenvalue weighted by molar-refractivity contribution is 8.22. The summed E-state index contributed by atoms with van der Waals surface area (Å²) in [4.78, 5) is 0.508. The van der Waals surface area contributed by atoms with Crippen molar-refractivity contribution in [3.63, 3.8) is 0 Å². The zero-order valence-electron chi connectivity index (χ0n) is 12.7. The number of rotatable bonds is 7. The van der Waals surface area contributed by atoms with E-state index in [4.69, 9.17) is 0 Å².